The maximum atomic E-state index is 13.0. The number of aliphatic carboxylic acids is 1. The van der Waals surface area contributed by atoms with Gasteiger partial charge >= 0.3 is 5.97 Å². The van der Waals surface area contributed by atoms with E-state index < -0.39 is 29.9 Å². The normalized spacial score (nSPS) is 18.1. The summed E-state index contributed by atoms with van der Waals surface area (Å²) in [6.45, 7) is 4.20. The summed E-state index contributed by atoms with van der Waals surface area (Å²) in [7, 11) is 0. The number of rotatable bonds is 11. The Labute approximate surface area is 198 Å². The maximum Gasteiger partial charge on any atom is 0.326 e. The van der Waals surface area contributed by atoms with Crippen molar-refractivity contribution >= 4 is 34.6 Å². The molecule has 3 amide bonds. The molecule has 0 radical (unpaired) electrons. The van der Waals surface area contributed by atoms with Gasteiger partial charge in [0.1, 0.15) is 12.1 Å². The van der Waals surface area contributed by atoms with Crippen molar-refractivity contribution in [3.63, 3.8) is 0 Å². The number of para-hydroxylation sites is 1. The molecule has 184 valence electrons. The van der Waals surface area contributed by atoms with Crippen molar-refractivity contribution in [1.29, 1.82) is 0 Å². The van der Waals surface area contributed by atoms with Gasteiger partial charge in [-0.2, -0.15) is 0 Å². The van der Waals surface area contributed by atoms with Crippen LogP contribution in [0.1, 0.15) is 38.7 Å². The zero-order valence-corrected chi connectivity index (χ0v) is 19.5. The SMILES string of the molecule is CCC(C)C(NC(=O)CNC(=O)C1CCCN1)C(=O)NC(Cc1c[nH]c2ccccc12)C(=O)O. The second-order valence-electron chi connectivity index (χ2n) is 8.76. The van der Waals surface area contributed by atoms with Crippen LogP contribution in [-0.4, -0.2) is 65.0 Å². The Bertz CT molecular complexity index is 1030. The number of carbonyl (C=O) groups is 4. The highest BCUT2D eigenvalue weighted by Crippen LogP contribution is 2.19. The number of nitrogens with one attached hydrogen (secondary N) is 5. The van der Waals surface area contributed by atoms with Crippen molar-refractivity contribution < 1.29 is 24.3 Å². The molecule has 10 heteroatoms. The molecular formula is C24H33N5O5. The van der Waals surface area contributed by atoms with E-state index in [1.54, 1.807) is 13.1 Å². The van der Waals surface area contributed by atoms with Crippen molar-refractivity contribution in [2.75, 3.05) is 13.1 Å². The minimum absolute atomic E-state index is 0.0940. The van der Waals surface area contributed by atoms with Crippen LogP contribution in [0.2, 0.25) is 0 Å². The molecule has 4 unspecified atom stereocenters. The number of hydrogen-bond acceptors (Lipinski definition) is 5. The number of aromatic amines is 1. The van der Waals surface area contributed by atoms with Crippen molar-refractivity contribution in [2.45, 2.75) is 57.7 Å². The second-order valence-corrected chi connectivity index (χ2v) is 8.76. The fraction of sp³-hybridized carbons (Fsp3) is 0.500. The van der Waals surface area contributed by atoms with E-state index in [1.165, 1.54) is 0 Å². The summed E-state index contributed by atoms with van der Waals surface area (Å²) in [5.74, 6) is -2.72. The highest BCUT2D eigenvalue weighted by atomic mass is 16.4. The molecule has 2 aromatic rings. The van der Waals surface area contributed by atoms with Crippen LogP contribution in [0.5, 0.6) is 0 Å². The Morgan fingerprint density at radius 1 is 1.18 bits per heavy atom. The monoisotopic (exact) mass is 471 g/mol. The molecule has 0 saturated carbocycles. The highest BCUT2D eigenvalue weighted by Gasteiger charge is 2.30. The maximum absolute atomic E-state index is 13.0. The van der Waals surface area contributed by atoms with Crippen molar-refractivity contribution in [2.24, 2.45) is 5.92 Å². The van der Waals surface area contributed by atoms with E-state index in [1.807, 2.05) is 31.2 Å². The lowest BCUT2D eigenvalue weighted by Gasteiger charge is -2.25. The summed E-state index contributed by atoms with van der Waals surface area (Å²) in [5, 5.41) is 21.5. The van der Waals surface area contributed by atoms with Crippen molar-refractivity contribution in [1.82, 2.24) is 26.3 Å². The molecule has 4 atom stereocenters. The molecule has 1 aliphatic heterocycles. The Morgan fingerprint density at radius 3 is 2.62 bits per heavy atom. The number of amides is 3. The van der Waals surface area contributed by atoms with Crippen LogP contribution in [0.3, 0.4) is 0 Å². The van der Waals surface area contributed by atoms with Gasteiger partial charge < -0.3 is 31.4 Å². The first kappa shape index (κ1) is 25.2. The molecule has 3 rings (SSSR count). The Hall–Kier alpha value is -3.40. The lowest BCUT2D eigenvalue weighted by atomic mass is 9.97. The minimum Gasteiger partial charge on any atom is -0.480 e. The molecule has 0 spiro atoms. The largest absolute Gasteiger partial charge is 0.480 e. The fourth-order valence-electron chi connectivity index (χ4n) is 4.11. The number of hydrogen-bond donors (Lipinski definition) is 6. The third-order valence-electron chi connectivity index (χ3n) is 6.33. The van der Waals surface area contributed by atoms with E-state index in [2.05, 4.69) is 26.3 Å². The van der Waals surface area contributed by atoms with Gasteiger partial charge in [0.05, 0.1) is 12.6 Å². The topological polar surface area (TPSA) is 152 Å². The van der Waals surface area contributed by atoms with Gasteiger partial charge in [0.25, 0.3) is 0 Å². The van der Waals surface area contributed by atoms with E-state index in [0.29, 0.717) is 6.42 Å². The molecule has 1 aliphatic rings. The van der Waals surface area contributed by atoms with E-state index in [9.17, 15) is 24.3 Å². The van der Waals surface area contributed by atoms with Crippen LogP contribution < -0.4 is 21.3 Å². The minimum atomic E-state index is -1.16. The smallest absolute Gasteiger partial charge is 0.326 e. The van der Waals surface area contributed by atoms with Gasteiger partial charge in [0.15, 0.2) is 0 Å². The number of carbonyl (C=O) groups excluding carboxylic acids is 3. The molecule has 1 fully saturated rings. The summed E-state index contributed by atoms with van der Waals surface area (Å²) < 4.78 is 0. The van der Waals surface area contributed by atoms with Gasteiger partial charge in [0, 0.05) is 23.5 Å². The lowest BCUT2D eigenvalue weighted by Crippen LogP contribution is -2.56. The van der Waals surface area contributed by atoms with E-state index in [4.69, 9.17) is 0 Å². The fourth-order valence-corrected chi connectivity index (χ4v) is 4.11. The summed E-state index contributed by atoms with van der Waals surface area (Å²) >= 11 is 0. The number of benzene rings is 1. The Kier molecular flexibility index (Phi) is 8.64. The third-order valence-corrected chi connectivity index (χ3v) is 6.33. The summed E-state index contributed by atoms with van der Waals surface area (Å²) in [5.41, 5.74) is 1.66. The van der Waals surface area contributed by atoms with E-state index in [0.717, 1.165) is 35.9 Å². The van der Waals surface area contributed by atoms with Crippen molar-refractivity contribution in [3.8, 4) is 0 Å². The molecule has 1 aromatic heterocycles. The predicted octanol–water partition coefficient (Wildman–Crippen LogP) is 0.679. The third kappa shape index (κ3) is 6.34. The summed E-state index contributed by atoms with van der Waals surface area (Å²) in [6.07, 6.45) is 4.05. The first-order valence-corrected chi connectivity index (χ1v) is 11.7. The Balaban J connectivity index is 1.62. The number of aromatic nitrogens is 1. The van der Waals surface area contributed by atoms with Gasteiger partial charge in [-0.1, -0.05) is 38.5 Å². The molecule has 34 heavy (non-hydrogen) atoms. The first-order valence-electron chi connectivity index (χ1n) is 11.7. The number of carboxylic acid groups (broad SMARTS) is 1. The molecule has 0 bridgehead atoms. The zero-order chi connectivity index (χ0) is 24.7. The van der Waals surface area contributed by atoms with Gasteiger partial charge in [-0.05, 0) is 36.9 Å². The van der Waals surface area contributed by atoms with Crippen LogP contribution in [0.15, 0.2) is 30.5 Å². The molecular weight excluding hydrogens is 438 g/mol. The summed E-state index contributed by atoms with van der Waals surface area (Å²) in [4.78, 5) is 52.7. The van der Waals surface area contributed by atoms with Crippen LogP contribution in [0.4, 0.5) is 0 Å². The number of H-pyrrole nitrogens is 1. The average molecular weight is 472 g/mol. The standard InChI is InChI=1S/C24H33N5O5/c1-3-14(2)21(29-20(30)13-27-22(31)18-9-6-10-25-18)23(32)28-19(24(33)34)11-15-12-26-17-8-5-4-7-16(15)17/h4-5,7-8,12,14,18-19,21,25-26H,3,6,9-11,13H2,1-2H3,(H,27,31)(H,28,32)(H,29,30)(H,33,34). The molecule has 1 saturated heterocycles. The first-order chi connectivity index (χ1) is 16.3. The highest BCUT2D eigenvalue weighted by molar-refractivity contribution is 5.93. The average Bonchev–Trinajstić information content (AvgIpc) is 3.50. The van der Waals surface area contributed by atoms with Gasteiger partial charge in [0.2, 0.25) is 17.7 Å². The van der Waals surface area contributed by atoms with Crippen LogP contribution in [0, 0.1) is 5.92 Å². The van der Waals surface area contributed by atoms with Crippen molar-refractivity contribution in [3.05, 3.63) is 36.0 Å². The predicted molar refractivity (Wildman–Crippen MR) is 127 cm³/mol. The quantitative estimate of drug-likeness (QED) is 0.283. The van der Waals surface area contributed by atoms with Gasteiger partial charge in [-0.25, -0.2) is 4.79 Å². The van der Waals surface area contributed by atoms with Gasteiger partial charge in [-0.15, -0.1) is 0 Å². The summed E-state index contributed by atoms with van der Waals surface area (Å²) in [6, 6.07) is 5.13. The van der Waals surface area contributed by atoms with E-state index >= 15 is 0 Å². The Morgan fingerprint density at radius 2 is 1.94 bits per heavy atom. The number of fused-ring (bicyclic) bond motifs is 1. The van der Waals surface area contributed by atoms with Crippen LogP contribution in [0.25, 0.3) is 10.9 Å². The molecule has 1 aromatic carbocycles. The van der Waals surface area contributed by atoms with Crippen LogP contribution in [-0.2, 0) is 25.6 Å². The van der Waals surface area contributed by atoms with E-state index in [-0.39, 0.29) is 30.8 Å². The number of carboxylic acids is 1. The molecule has 6 N–H and O–H groups in total. The lowest BCUT2D eigenvalue weighted by molar-refractivity contribution is -0.142. The molecule has 10 nitrogen and oxygen atoms in total. The molecule has 2 heterocycles. The van der Waals surface area contributed by atoms with Gasteiger partial charge in [-0.3, -0.25) is 14.4 Å². The molecule has 0 aliphatic carbocycles. The van der Waals surface area contributed by atoms with Crippen LogP contribution >= 0.6 is 0 Å². The second kappa shape index (κ2) is 11.6. The zero-order valence-electron chi connectivity index (χ0n) is 19.5.